The van der Waals surface area contributed by atoms with Crippen molar-refractivity contribution < 1.29 is 15.0 Å². The van der Waals surface area contributed by atoms with Crippen LogP contribution in [-0.4, -0.2) is 32.3 Å². The van der Waals surface area contributed by atoms with Crippen molar-refractivity contribution in [3.63, 3.8) is 0 Å². The van der Waals surface area contributed by atoms with Gasteiger partial charge < -0.3 is 15.2 Å². The van der Waals surface area contributed by atoms with Gasteiger partial charge in [-0.05, 0) is 0 Å². The summed E-state index contributed by atoms with van der Waals surface area (Å²) in [5, 5.41) is 17.3. The number of aliphatic hydroxyl groups excluding tert-OH is 1. The van der Waals surface area contributed by atoms with Crippen molar-refractivity contribution >= 4 is 5.97 Å². The van der Waals surface area contributed by atoms with Gasteiger partial charge >= 0.3 is 11.7 Å². The molecule has 0 spiro atoms. The molecule has 0 saturated heterocycles. The van der Waals surface area contributed by atoms with E-state index in [2.05, 4.69) is 4.98 Å². The van der Waals surface area contributed by atoms with Gasteiger partial charge in [-0.15, -0.1) is 0 Å². The molecule has 1 aromatic rings. The third-order valence-corrected chi connectivity index (χ3v) is 1.59. The molecule has 0 bridgehead atoms. The van der Waals surface area contributed by atoms with Crippen molar-refractivity contribution in [3.8, 4) is 0 Å². The lowest BCUT2D eigenvalue weighted by atomic mass is 10.1. The average Bonchev–Trinajstić information content (AvgIpc) is 2.09. The van der Waals surface area contributed by atoms with Gasteiger partial charge in [-0.3, -0.25) is 9.78 Å². The Labute approximate surface area is 77.0 Å². The Kier molecular flexibility index (Phi) is 2.82. The normalized spacial score (nSPS) is 12.4. The predicted octanol–water partition coefficient (Wildman–Crippen LogP) is -1.95. The van der Waals surface area contributed by atoms with Gasteiger partial charge in [0.1, 0.15) is 0 Å². The molecule has 0 aliphatic carbocycles. The number of aliphatic hydroxyl groups is 1. The molecule has 0 aliphatic heterocycles. The van der Waals surface area contributed by atoms with Crippen molar-refractivity contribution in [3.05, 3.63) is 32.6 Å². The zero-order valence-corrected chi connectivity index (χ0v) is 6.98. The topological polar surface area (TPSA) is 123 Å². The SMILES string of the molecule is O=C(O)C(O)Cc1c[nH]c(=O)[nH]c1=O. The second-order valence-electron chi connectivity index (χ2n) is 2.66. The summed E-state index contributed by atoms with van der Waals surface area (Å²) in [5.41, 5.74) is -1.36. The molecule has 76 valence electrons. The number of aromatic nitrogens is 2. The highest BCUT2D eigenvalue weighted by atomic mass is 16.4. The number of hydrogen-bond donors (Lipinski definition) is 4. The van der Waals surface area contributed by atoms with Crippen molar-refractivity contribution in [2.45, 2.75) is 12.5 Å². The molecule has 0 fully saturated rings. The summed E-state index contributed by atoms with van der Waals surface area (Å²) in [4.78, 5) is 35.9. The number of aliphatic carboxylic acids is 1. The quantitative estimate of drug-likeness (QED) is 0.451. The molecule has 0 amide bonds. The first kappa shape index (κ1) is 10.2. The summed E-state index contributed by atoms with van der Waals surface area (Å²) >= 11 is 0. The van der Waals surface area contributed by atoms with Gasteiger partial charge in [0.25, 0.3) is 5.56 Å². The lowest BCUT2D eigenvalue weighted by Crippen LogP contribution is -2.30. The minimum absolute atomic E-state index is 0.0134. The van der Waals surface area contributed by atoms with Crippen LogP contribution >= 0.6 is 0 Å². The van der Waals surface area contributed by atoms with Crippen LogP contribution in [-0.2, 0) is 11.2 Å². The molecular formula is C7H8N2O5. The summed E-state index contributed by atoms with van der Waals surface area (Å²) in [7, 11) is 0. The highest BCUT2D eigenvalue weighted by Gasteiger charge is 2.15. The molecule has 7 nitrogen and oxygen atoms in total. The molecule has 14 heavy (non-hydrogen) atoms. The standard InChI is InChI=1S/C7H8N2O5/c10-4(6(12)13)1-3-2-8-7(14)9-5(3)11/h2,4,10H,1H2,(H,12,13)(H2,8,9,11,14). The lowest BCUT2D eigenvalue weighted by molar-refractivity contribution is -0.146. The Hall–Kier alpha value is -1.89. The van der Waals surface area contributed by atoms with Gasteiger partial charge in [-0.1, -0.05) is 0 Å². The highest BCUT2D eigenvalue weighted by Crippen LogP contribution is 1.94. The predicted molar refractivity (Wildman–Crippen MR) is 45.0 cm³/mol. The summed E-state index contributed by atoms with van der Waals surface area (Å²) in [6.45, 7) is 0. The van der Waals surface area contributed by atoms with Crippen molar-refractivity contribution in [1.29, 1.82) is 0 Å². The smallest absolute Gasteiger partial charge is 0.332 e. The van der Waals surface area contributed by atoms with Gasteiger partial charge in [0.2, 0.25) is 0 Å². The molecule has 1 heterocycles. The Morgan fingerprint density at radius 3 is 2.64 bits per heavy atom. The van der Waals surface area contributed by atoms with Gasteiger partial charge in [-0.25, -0.2) is 9.59 Å². The monoisotopic (exact) mass is 200 g/mol. The van der Waals surface area contributed by atoms with Crippen LogP contribution in [0.4, 0.5) is 0 Å². The first-order valence-corrected chi connectivity index (χ1v) is 3.72. The van der Waals surface area contributed by atoms with Gasteiger partial charge in [0.15, 0.2) is 6.10 Å². The maximum Gasteiger partial charge on any atom is 0.332 e. The van der Waals surface area contributed by atoms with E-state index in [4.69, 9.17) is 10.2 Å². The van der Waals surface area contributed by atoms with Gasteiger partial charge in [0.05, 0.1) is 0 Å². The fourth-order valence-electron chi connectivity index (χ4n) is 0.885. The molecule has 0 radical (unpaired) electrons. The van der Waals surface area contributed by atoms with Crippen LogP contribution < -0.4 is 11.2 Å². The second-order valence-corrected chi connectivity index (χ2v) is 2.66. The van der Waals surface area contributed by atoms with Crippen LogP contribution in [0, 0.1) is 0 Å². The summed E-state index contributed by atoms with van der Waals surface area (Å²) in [6.07, 6.45) is -0.920. The van der Waals surface area contributed by atoms with Gasteiger partial charge in [-0.2, -0.15) is 0 Å². The van der Waals surface area contributed by atoms with Crippen LogP contribution in [0.3, 0.4) is 0 Å². The largest absolute Gasteiger partial charge is 0.479 e. The van der Waals surface area contributed by atoms with E-state index in [-0.39, 0.29) is 12.0 Å². The minimum Gasteiger partial charge on any atom is -0.479 e. The molecule has 1 unspecified atom stereocenters. The molecule has 0 aromatic carbocycles. The zero-order chi connectivity index (χ0) is 10.7. The van der Waals surface area contributed by atoms with E-state index in [0.717, 1.165) is 6.20 Å². The Balaban J connectivity index is 2.93. The number of aromatic amines is 2. The zero-order valence-electron chi connectivity index (χ0n) is 6.98. The van der Waals surface area contributed by atoms with E-state index < -0.39 is 23.3 Å². The average molecular weight is 200 g/mol. The molecule has 4 N–H and O–H groups in total. The van der Waals surface area contributed by atoms with E-state index in [0.29, 0.717) is 0 Å². The van der Waals surface area contributed by atoms with Crippen LogP contribution in [0.15, 0.2) is 15.8 Å². The van der Waals surface area contributed by atoms with Crippen LogP contribution in [0.25, 0.3) is 0 Å². The van der Waals surface area contributed by atoms with Gasteiger partial charge in [0, 0.05) is 18.2 Å². The Bertz CT molecular complexity index is 446. The van der Waals surface area contributed by atoms with Crippen molar-refractivity contribution in [2.75, 3.05) is 0 Å². The second kappa shape index (κ2) is 3.88. The van der Waals surface area contributed by atoms with Crippen molar-refractivity contribution in [2.24, 2.45) is 0 Å². The maximum absolute atomic E-state index is 11.0. The van der Waals surface area contributed by atoms with E-state index in [1.807, 2.05) is 4.98 Å². The molecule has 1 atom stereocenters. The number of carboxylic acid groups (broad SMARTS) is 1. The molecular weight excluding hydrogens is 192 g/mol. The molecule has 0 saturated carbocycles. The van der Waals surface area contributed by atoms with Crippen LogP contribution in [0.5, 0.6) is 0 Å². The number of nitrogens with one attached hydrogen (secondary N) is 2. The molecule has 1 aromatic heterocycles. The molecule has 7 heteroatoms. The third-order valence-electron chi connectivity index (χ3n) is 1.59. The fraction of sp³-hybridized carbons (Fsp3) is 0.286. The lowest BCUT2D eigenvalue weighted by Gasteiger charge is -2.02. The van der Waals surface area contributed by atoms with Crippen LogP contribution in [0.2, 0.25) is 0 Å². The summed E-state index contributed by atoms with van der Waals surface area (Å²) in [5.74, 6) is -1.42. The Morgan fingerprint density at radius 2 is 2.14 bits per heavy atom. The fourth-order valence-corrected chi connectivity index (χ4v) is 0.885. The third kappa shape index (κ3) is 2.30. The first-order valence-electron chi connectivity index (χ1n) is 3.72. The van der Waals surface area contributed by atoms with Crippen molar-refractivity contribution in [1.82, 2.24) is 9.97 Å². The first-order chi connectivity index (χ1) is 6.50. The summed E-state index contributed by atoms with van der Waals surface area (Å²) < 4.78 is 0. The van der Waals surface area contributed by atoms with Crippen LogP contribution in [0.1, 0.15) is 5.56 Å². The number of H-pyrrole nitrogens is 2. The number of rotatable bonds is 3. The van der Waals surface area contributed by atoms with E-state index in [9.17, 15) is 14.4 Å². The Morgan fingerprint density at radius 1 is 1.50 bits per heavy atom. The minimum atomic E-state index is -1.65. The van der Waals surface area contributed by atoms with E-state index in [1.165, 1.54) is 0 Å². The summed E-state index contributed by atoms with van der Waals surface area (Å²) in [6, 6.07) is 0. The number of hydrogen-bond acceptors (Lipinski definition) is 4. The molecule has 1 rings (SSSR count). The maximum atomic E-state index is 11.0. The van der Waals surface area contributed by atoms with E-state index in [1.54, 1.807) is 0 Å². The van der Waals surface area contributed by atoms with E-state index >= 15 is 0 Å². The molecule has 0 aliphatic rings. The highest BCUT2D eigenvalue weighted by molar-refractivity contribution is 5.72. The number of carbonyl (C=O) groups is 1. The number of carboxylic acids is 1.